The molecular weight excluding hydrogens is 258 g/mol. The zero-order valence-corrected chi connectivity index (χ0v) is 12.1. The molecule has 3 rings (SSSR count). The van der Waals surface area contributed by atoms with Gasteiger partial charge in [0.25, 0.3) is 0 Å². The minimum absolute atomic E-state index is 0.00398. The molecule has 3 aliphatic heterocycles. The zero-order valence-electron chi connectivity index (χ0n) is 12.1. The van der Waals surface area contributed by atoms with Crippen molar-refractivity contribution in [2.75, 3.05) is 0 Å². The Hall–Kier alpha value is -1.10. The van der Waals surface area contributed by atoms with Gasteiger partial charge in [0.2, 0.25) is 5.91 Å². The molecule has 20 heavy (non-hydrogen) atoms. The highest BCUT2D eigenvalue weighted by Gasteiger charge is 2.57. The van der Waals surface area contributed by atoms with E-state index in [1.54, 1.807) is 0 Å². The Bertz CT molecular complexity index is 414. The number of ether oxygens (including phenoxy) is 1. The number of aliphatic carboxylic acids is 1. The molecule has 3 fully saturated rings. The topological polar surface area (TPSA) is 66.8 Å². The third-order valence-corrected chi connectivity index (χ3v) is 5.29. The summed E-state index contributed by atoms with van der Waals surface area (Å²) in [6.07, 6.45) is 4.31. The summed E-state index contributed by atoms with van der Waals surface area (Å²) in [5, 5.41) is 9.43. The maximum atomic E-state index is 12.9. The third-order valence-electron chi connectivity index (χ3n) is 5.29. The highest BCUT2D eigenvalue weighted by molar-refractivity contribution is 5.87. The summed E-state index contributed by atoms with van der Waals surface area (Å²) in [7, 11) is 0. The normalized spacial score (nSPS) is 43.8. The molecule has 0 aromatic rings. The molecule has 1 N–H and O–H groups in total. The lowest BCUT2D eigenvalue weighted by Gasteiger charge is -2.42. The lowest BCUT2D eigenvalue weighted by atomic mass is 9.77. The number of amides is 1. The van der Waals surface area contributed by atoms with Gasteiger partial charge in [-0.1, -0.05) is 0 Å². The zero-order chi connectivity index (χ0) is 14.4. The minimum Gasteiger partial charge on any atom is -0.481 e. The number of carbonyl (C=O) groups excluding carboxylic acids is 1. The van der Waals surface area contributed by atoms with E-state index in [0.29, 0.717) is 0 Å². The first kappa shape index (κ1) is 13.9. The Balaban J connectivity index is 1.83. The molecule has 0 aromatic heterocycles. The number of carbonyl (C=O) groups is 2. The Morgan fingerprint density at radius 2 is 1.55 bits per heavy atom. The molecule has 3 heterocycles. The van der Waals surface area contributed by atoms with E-state index in [-0.39, 0.29) is 30.2 Å². The number of rotatable bonds is 2. The summed E-state index contributed by atoms with van der Waals surface area (Å²) in [5.41, 5.74) is 0. The fraction of sp³-hybridized carbons (Fsp3) is 0.867. The highest BCUT2D eigenvalue weighted by atomic mass is 16.5. The molecule has 0 radical (unpaired) electrons. The number of carboxylic acid groups (broad SMARTS) is 1. The molecule has 2 bridgehead atoms. The molecule has 0 aromatic carbocycles. The second-order valence-electron chi connectivity index (χ2n) is 6.55. The second kappa shape index (κ2) is 5.02. The number of piperidine rings is 1. The molecule has 0 aliphatic carbocycles. The number of hydrogen-bond donors (Lipinski definition) is 1. The van der Waals surface area contributed by atoms with Crippen LogP contribution in [0.1, 0.15) is 46.0 Å². The average molecular weight is 281 g/mol. The fourth-order valence-corrected chi connectivity index (χ4v) is 4.33. The van der Waals surface area contributed by atoms with Gasteiger partial charge in [-0.05, 0) is 46.0 Å². The van der Waals surface area contributed by atoms with E-state index in [2.05, 4.69) is 13.8 Å². The van der Waals surface area contributed by atoms with Crippen molar-refractivity contribution in [2.24, 2.45) is 11.8 Å². The van der Waals surface area contributed by atoms with Crippen LogP contribution in [0.2, 0.25) is 0 Å². The van der Waals surface area contributed by atoms with Crippen LogP contribution in [0.15, 0.2) is 0 Å². The van der Waals surface area contributed by atoms with Crippen LogP contribution >= 0.6 is 0 Å². The molecule has 0 unspecified atom stereocenters. The van der Waals surface area contributed by atoms with Gasteiger partial charge < -0.3 is 14.7 Å². The number of hydrogen-bond acceptors (Lipinski definition) is 3. The maximum Gasteiger partial charge on any atom is 0.310 e. The predicted octanol–water partition coefficient (Wildman–Crippen LogP) is 1.65. The van der Waals surface area contributed by atoms with Gasteiger partial charge in [-0.3, -0.25) is 9.59 Å². The van der Waals surface area contributed by atoms with E-state index in [1.807, 2.05) is 4.90 Å². The van der Waals surface area contributed by atoms with Crippen molar-refractivity contribution >= 4 is 11.9 Å². The van der Waals surface area contributed by atoms with Crippen LogP contribution in [0.3, 0.4) is 0 Å². The van der Waals surface area contributed by atoms with Gasteiger partial charge in [-0.15, -0.1) is 0 Å². The summed E-state index contributed by atoms with van der Waals surface area (Å²) in [6, 6.07) is 0.416. The Morgan fingerprint density at radius 1 is 1.00 bits per heavy atom. The van der Waals surface area contributed by atoms with E-state index in [1.165, 1.54) is 0 Å². The largest absolute Gasteiger partial charge is 0.481 e. The van der Waals surface area contributed by atoms with Crippen molar-refractivity contribution in [3.8, 4) is 0 Å². The van der Waals surface area contributed by atoms with Crippen LogP contribution in [0.4, 0.5) is 0 Å². The molecule has 112 valence electrons. The highest BCUT2D eigenvalue weighted by Crippen LogP contribution is 2.45. The van der Waals surface area contributed by atoms with Crippen LogP contribution in [-0.4, -0.2) is 46.2 Å². The summed E-state index contributed by atoms with van der Waals surface area (Å²) < 4.78 is 5.71. The fourth-order valence-electron chi connectivity index (χ4n) is 4.33. The summed E-state index contributed by atoms with van der Waals surface area (Å²) in [6.45, 7) is 4.13. The summed E-state index contributed by atoms with van der Waals surface area (Å²) in [4.78, 5) is 26.3. The van der Waals surface area contributed by atoms with E-state index in [9.17, 15) is 14.7 Å². The van der Waals surface area contributed by atoms with E-state index in [4.69, 9.17) is 4.74 Å². The Labute approximate surface area is 119 Å². The minimum atomic E-state index is -0.882. The third kappa shape index (κ3) is 2.03. The SMILES string of the molecule is C[C@@H]1CCC[C@H](C)N1C(=O)[C@@H]1[C@H](C(=O)O)[C@H]2CC[C@H]1O2. The van der Waals surface area contributed by atoms with Crippen molar-refractivity contribution in [1.82, 2.24) is 4.90 Å². The first-order chi connectivity index (χ1) is 9.50. The number of fused-ring (bicyclic) bond motifs is 2. The lowest BCUT2D eigenvalue weighted by Crippen LogP contribution is -2.53. The molecule has 0 spiro atoms. The van der Waals surface area contributed by atoms with E-state index in [0.717, 1.165) is 32.1 Å². The second-order valence-corrected chi connectivity index (χ2v) is 6.55. The van der Waals surface area contributed by atoms with E-state index >= 15 is 0 Å². The first-order valence-electron chi connectivity index (χ1n) is 7.71. The quantitative estimate of drug-likeness (QED) is 0.836. The average Bonchev–Trinajstić information content (AvgIpc) is 2.98. The molecular formula is C15H23NO4. The van der Waals surface area contributed by atoms with Crippen molar-refractivity contribution in [3.63, 3.8) is 0 Å². The Morgan fingerprint density at radius 3 is 2.10 bits per heavy atom. The van der Waals surface area contributed by atoms with Crippen molar-refractivity contribution in [3.05, 3.63) is 0 Å². The lowest BCUT2D eigenvalue weighted by molar-refractivity contribution is -0.153. The maximum absolute atomic E-state index is 12.9. The summed E-state index contributed by atoms with van der Waals surface area (Å²) >= 11 is 0. The monoisotopic (exact) mass is 281 g/mol. The van der Waals surface area contributed by atoms with Gasteiger partial charge in [0.05, 0.1) is 24.0 Å². The standard InChI is InChI=1S/C15H23NO4/c1-8-4-3-5-9(2)16(8)14(17)12-10-6-7-11(20-10)13(12)15(18)19/h8-13H,3-7H2,1-2H3,(H,18,19)/t8-,9+,10-,11-,12+,13-/m1/s1. The molecule has 0 saturated carbocycles. The molecule has 6 atom stereocenters. The number of carboxylic acids is 1. The first-order valence-corrected chi connectivity index (χ1v) is 7.71. The molecule has 5 heteroatoms. The number of likely N-dealkylation sites (tertiary alicyclic amines) is 1. The van der Waals surface area contributed by atoms with Crippen LogP contribution in [0.25, 0.3) is 0 Å². The van der Waals surface area contributed by atoms with Crippen LogP contribution in [-0.2, 0) is 14.3 Å². The van der Waals surface area contributed by atoms with Crippen LogP contribution < -0.4 is 0 Å². The van der Waals surface area contributed by atoms with Crippen molar-refractivity contribution in [2.45, 2.75) is 70.2 Å². The smallest absolute Gasteiger partial charge is 0.310 e. The Kier molecular flexibility index (Phi) is 3.48. The molecule has 1 amide bonds. The van der Waals surface area contributed by atoms with Gasteiger partial charge in [0.15, 0.2) is 0 Å². The van der Waals surface area contributed by atoms with Gasteiger partial charge in [0, 0.05) is 12.1 Å². The molecule has 3 saturated heterocycles. The van der Waals surface area contributed by atoms with Crippen LogP contribution in [0.5, 0.6) is 0 Å². The predicted molar refractivity (Wildman–Crippen MR) is 72.1 cm³/mol. The van der Waals surface area contributed by atoms with Crippen molar-refractivity contribution in [1.29, 1.82) is 0 Å². The van der Waals surface area contributed by atoms with Gasteiger partial charge >= 0.3 is 5.97 Å². The van der Waals surface area contributed by atoms with Gasteiger partial charge in [0.1, 0.15) is 0 Å². The van der Waals surface area contributed by atoms with Gasteiger partial charge in [-0.2, -0.15) is 0 Å². The molecule has 3 aliphatic rings. The molecule has 5 nitrogen and oxygen atoms in total. The summed E-state index contributed by atoms with van der Waals surface area (Å²) in [5.74, 6) is -2.01. The van der Waals surface area contributed by atoms with Crippen LogP contribution in [0, 0.1) is 11.8 Å². The van der Waals surface area contributed by atoms with Crippen molar-refractivity contribution < 1.29 is 19.4 Å². The van der Waals surface area contributed by atoms with E-state index < -0.39 is 17.8 Å². The van der Waals surface area contributed by atoms with Gasteiger partial charge in [-0.25, -0.2) is 0 Å². The number of nitrogens with zero attached hydrogens (tertiary/aromatic N) is 1.